The molecule has 1 aliphatic rings. The highest BCUT2D eigenvalue weighted by molar-refractivity contribution is 6.49. The van der Waals surface area contributed by atoms with Crippen LogP contribution in [0, 0.1) is 0 Å². The zero-order valence-electron chi connectivity index (χ0n) is 6.39. The molecule has 0 aliphatic carbocycles. The summed E-state index contributed by atoms with van der Waals surface area (Å²) in [6, 6.07) is 0. The average Bonchev–Trinajstić information content (AvgIpc) is 2.34. The lowest BCUT2D eigenvalue weighted by Gasteiger charge is -2.26. The summed E-state index contributed by atoms with van der Waals surface area (Å²) in [7, 11) is 1.45. The Morgan fingerprint density at radius 3 is 2.33 bits per heavy atom. The minimum absolute atomic E-state index is 0.130. The van der Waals surface area contributed by atoms with Crippen LogP contribution in [0.25, 0.3) is 0 Å². The number of aliphatic hydroxyl groups is 1. The maximum absolute atomic E-state index is 12.1. The fourth-order valence-corrected chi connectivity index (χ4v) is 0.862. The summed E-state index contributed by atoms with van der Waals surface area (Å²) in [5.41, 5.74) is -2.87. The second-order valence-electron chi connectivity index (χ2n) is 2.74. The van der Waals surface area contributed by atoms with Gasteiger partial charge in [0, 0.05) is 0 Å². The molecular weight excluding hydrogens is 168 g/mol. The standard InChI is InChI=1S/C7H7BF3O/c1-6(12,7(9,10)11)5-2-3-8-4-5/h2-4,12H,1H3. The Morgan fingerprint density at radius 2 is 2.00 bits per heavy atom. The lowest BCUT2D eigenvalue weighted by atomic mass is 9.81. The molecule has 12 heavy (non-hydrogen) atoms. The van der Waals surface area contributed by atoms with Crippen LogP contribution in [0.1, 0.15) is 6.92 Å². The van der Waals surface area contributed by atoms with Gasteiger partial charge in [0.05, 0.1) is 0 Å². The Labute approximate surface area is 68.8 Å². The fourth-order valence-electron chi connectivity index (χ4n) is 0.862. The molecule has 1 radical (unpaired) electrons. The van der Waals surface area contributed by atoms with Crippen LogP contribution < -0.4 is 0 Å². The van der Waals surface area contributed by atoms with Gasteiger partial charge in [-0.1, -0.05) is 6.08 Å². The lowest BCUT2D eigenvalue weighted by molar-refractivity contribution is -0.235. The number of rotatable bonds is 1. The molecule has 1 atom stereocenters. The van der Waals surface area contributed by atoms with Crippen LogP contribution in [-0.4, -0.2) is 24.2 Å². The van der Waals surface area contributed by atoms with Gasteiger partial charge in [-0.2, -0.15) is 13.2 Å². The molecule has 0 saturated carbocycles. The normalized spacial score (nSPS) is 21.6. The van der Waals surface area contributed by atoms with Crippen molar-refractivity contribution in [2.75, 3.05) is 0 Å². The zero-order chi connectivity index (χ0) is 9.41. The van der Waals surface area contributed by atoms with Gasteiger partial charge in [-0.05, 0) is 12.5 Å². The topological polar surface area (TPSA) is 20.2 Å². The van der Waals surface area contributed by atoms with E-state index in [0.717, 1.165) is 6.92 Å². The highest BCUT2D eigenvalue weighted by atomic mass is 19.4. The van der Waals surface area contributed by atoms with Gasteiger partial charge in [-0.3, -0.25) is 0 Å². The first-order valence-electron chi connectivity index (χ1n) is 3.37. The second-order valence-corrected chi connectivity index (χ2v) is 2.74. The van der Waals surface area contributed by atoms with Crippen molar-refractivity contribution in [1.82, 2.24) is 0 Å². The minimum Gasteiger partial charge on any atom is -0.376 e. The smallest absolute Gasteiger partial charge is 0.376 e. The molecule has 1 rings (SSSR count). The highest BCUT2D eigenvalue weighted by Crippen LogP contribution is 2.36. The van der Waals surface area contributed by atoms with Gasteiger partial charge in [-0.15, -0.1) is 12.0 Å². The quantitative estimate of drug-likeness (QED) is 0.597. The Balaban J connectivity index is 2.92. The van der Waals surface area contributed by atoms with Gasteiger partial charge in [0.2, 0.25) is 0 Å². The molecule has 0 aromatic carbocycles. The maximum Gasteiger partial charge on any atom is 0.421 e. The molecule has 65 valence electrons. The van der Waals surface area contributed by atoms with Gasteiger partial charge in [0.1, 0.15) is 0 Å². The van der Waals surface area contributed by atoms with E-state index < -0.39 is 11.8 Å². The summed E-state index contributed by atoms with van der Waals surface area (Å²) in [6.45, 7) is 0.738. The first-order valence-corrected chi connectivity index (χ1v) is 3.37. The Bertz CT molecular complexity index is 240. The van der Waals surface area contributed by atoms with Crippen molar-refractivity contribution in [1.29, 1.82) is 0 Å². The third kappa shape index (κ3) is 1.41. The summed E-state index contributed by atoms with van der Waals surface area (Å²) in [6.07, 6.45) is -3.38. The van der Waals surface area contributed by atoms with E-state index in [1.807, 2.05) is 0 Å². The van der Waals surface area contributed by atoms with E-state index in [4.69, 9.17) is 5.11 Å². The monoisotopic (exact) mass is 175 g/mol. The van der Waals surface area contributed by atoms with E-state index in [0.29, 0.717) is 0 Å². The molecule has 1 heterocycles. The molecule has 0 aromatic rings. The SMILES string of the molecule is CC(O)(C1=C[B]C=C1)C(F)(F)F. The van der Waals surface area contributed by atoms with Gasteiger partial charge in [0.25, 0.3) is 0 Å². The van der Waals surface area contributed by atoms with Gasteiger partial charge < -0.3 is 5.11 Å². The molecule has 0 saturated heterocycles. The van der Waals surface area contributed by atoms with Crippen molar-refractivity contribution in [2.45, 2.75) is 18.7 Å². The van der Waals surface area contributed by atoms with E-state index in [9.17, 15) is 13.2 Å². The lowest BCUT2D eigenvalue weighted by Crippen LogP contribution is -2.43. The summed E-state index contributed by atoms with van der Waals surface area (Å²) < 4.78 is 36.4. The average molecular weight is 175 g/mol. The molecule has 0 aromatic heterocycles. The molecule has 0 fully saturated rings. The van der Waals surface area contributed by atoms with Gasteiger partial charge >= 0.3 is 6.18 Å². The van der Waals surface area contributed by atoms with Crippen LogP contribution in [0.4, 0.5) is 13.2 Å². The van der Waals surface area contributed by atoms with Crippen molar-refractivity contribution in [3.05, 3.63) is 23.6 Å². The van der Waals surface area contributed by atoms with Crippen LogP contribution in [-0.2, 0) is 0 Å². The molecule has 1 aliphatic heterocycles. The number of hydrogen-bond acceptors (Lipinski definition) is 1. The van der Waals surface area contributed by atoms with Gasteiger partial charge in [0.15, 0.2) is 12.9 Å². The molecule has 1 nitrogen and oxygen atoms in total. The fraction of sp³-hybridized carbons (Fsp3) is 0.429. The molecule has 0 spiro atoms. The number of halogens is 3. The molecule has 0 bridgehead atoms. The second kappa shape index (κ2) is 2.66. The van der Waals surface area contributed by atoms with Crippen LogP contribution in [0.2, 0.25) is 0 Å². The Morgan fingerprint density at radius 1 is 1.42 bits per heavy atom. The molecule has 1 unspecified atom stereocenters. The van der Waals surface area contributed by atoms with E-state index in [2.05, 4.69) is 0 Å². The zero-order valence-corrected chi connectivity index (χ0v) is 6.39. The largest absolute Gasteiger partial charge is 0.421 e. The predicted octanol–water partition coefficient (Wildman–Crippen LogP) is 1.42. The van der Waals surface area contributed by atoms with Gasteiger partial charge in [-0.25, -0.2) is 0 Å². The van der Waals surface area contributed by atoms with Crippen molar-refractivity contribution in [2.24, 2.45) is 0 Å². The van der Waals surface area contributed by atoms with E-state index >= 15 is 0 Å². The van der Waals surface area contributed by atoms with Crippen LogP contribution in [0.3, 0.4) is 0 Å². The van der Waals surface area contributed by atoms with E-state index in [-0.39, 0.29) is 5.57 Å². The van der Waals surface area contributed by atoms with Crippen molar-refractivity contribution in [3.8, 4) is 0 Å². The Hall–Kier alpha value is -0.705. The molecular formula is C7H7BF3O. The molecule has 5 heteroatoms. The summed E-state index contributed by atoms with van der Waals surface area (Å²) in [4.78, 5) is 0. The summed E-state index contributed by atoms with van der Waals surface area (Å²) in [5.74, 6) is 2.70. The first-order chi connectivity index (χ1) is 5.36. The maximum atomic E-state index is 12.1. The number of alkyl halides is 3. The van der Waals surface area contributed by atoms with E-state index in [1.165, 1.54) is 25.3 Å². The third-order valence-corrected chi connectivity index (χ3v) is 1.78. The van der Waals surface area contributed by atoms with Crippen molar-refractivity contribution < 1.29 is 18.3 Å². The predicted molar refractivity (Wildman–Crippen MR) is 39.7 cm³/mol. The van der Waals surface area contributed by atoms with Crippen molar-refractivity contribution in [3.63, 3.8) is 0 Å². The minimum atomic E-state index is -4.62. The van der Waals surface area contributed by atoms with Crippen molar-refractivity contribution >= 4 is 7.28 Å². The third-order valence-electron chi connectivity index (χ3n) is 1.78. The van der Waals surface area contributed by atoms with Crippen LogP contribution in [0.5, 0.6) is 0 Å². The van der Waals surface area contributed by atoms with Crippen LogP contribution in [0.15, 0.2) is 23.6 Å². The first kappa shape index (κ1) is 9.38. The van der Waals surface area contributed by atoms with E-state index in [1.54, 1.807) is 0 Å². The molecule has 1 N–H and O–H groups in total. The van der Waals surface area contributed by atoms with Crippen LogP contribution >= 0.6 is 0 Å². The highest BCUT2D eigenvalue weighted by Gasteiger charge is 2.51. The summed E-state index contributed by atoms with van der Waals surface area (Å²) >= 11 is 0. The summed E-state index contributed by atoms with van der Waals surface area (Å²) in [5, 5.41) is 9.09. The molecule has 0 amide bonds. The number of hydrogen-bond donors (Lipinski definition) is 1. The Kier molecular flexibility index (Phi) is 2.08.